The number of hydrogen-bond donors (Lipinski definition) is 0. The second-order valence-electron chi connectivity index (χ2n) is 10.2. The Balaban J connectivity index is 1.39. The summed E-state index contributed by atoms with van der Waals surface area (Å²) in [6, 6.07) is 11.2. The quantitative estimate of drug-likeness (QED) is 0.156. The van der Waals surface area contributed by atoms with Crippen LogP contribution in [0.4, 0.5) is 0 Å². The molecule has 0 aliphatic carbocycles. The zero-order chi connectivity index (χ0) is 21.2. The van der Waals surface area contributed by atoms with Gasteiger partial charge in [0.25, 0.3) is 0 Å². The molecule has 1 heterocycles. The van der Waals surface area contributed by atoms with Crippen molar-refractivity contribution in [1.29, 1.82) is 0 Å². The Morgan fingerprint density at radius 3 is 1.47 bits per heavy atom. The number of nitrogens with zero attached hydrogens (tertiary/aromatic N) is 1. The van der Waals surface area contributed by atoms with Gasteiger partial charge in [-0.1, -0.05) is 127 Å². The summed E-state index contributed by atoms with van der Waals surface area (Å²) in [5.74, 6) is 0. The first-order chi connectivity index (χ1) is 14.8. The van der Waals surface area contributed by atoms with Crippen molar-refractivity contribution in [2.45, 2.75) is 129 Å². The minimum Gasteiger partial charge on any atom is -0.320 e. The predicted molar refractivity (Wildman–Crippen MR) is 134 cm³/mol. The standard InChI is InChI=1S/C29H52N/c1-2-3-4-5-6-7-8-9-10-11-12-13-14-15-16-20-25-30(26-21-22-27-30)28-29-23-18-17-19-24-29/h17-19,23-24H,2-16,20-22,25-28H2,1H3/q+1. The molecule has 1 saturated heterocycles. The summed E-state index contributed by atoms with van der Waals surface area (Å²) in [5, 5.41) is 0. The Morgan fingerprint density at radius 1 is 0.567 bits per heavy atom. The number of quaternary nitrogens is 1. The second kappa shape index (κ2) is 16.8. The summed E-state index contributed by atoms with van der Waals surface area (Å²) in [7, 11) is 0. The Labute approximate surface area is 189 Å². The second-order valence-corrected chi connectivity index (χ2v) is 10.2. The molecule has 1 heteroatoms. The number of rotatable bonds is 19. The van der Waals surface area contributed by atoms with Crippen LogP contribution in [0.15, 0.2) is 30.3 Å². The van der Waals surface area contributed by atoms with Crippen LogP contribution in [0.1, 0.15) is 128 Å². The molecule has 0 N–H and O–H groups in total. The first kappa shape index (κ1) is 25.4. The Bertz CT molecular complexity index is 488. The van der Waals surface area contributed by atoms with E-state index in [0.717, 1.165) is 0 Å². The predicted octanol–water partition coefficient (Wildman–Crippen LogP) is 9.06. The van der Waals surface area contributed by atoms with Crippen molar-refractivity contribution in [1.82, 2.24) is 0 Å². The van der Waals surface area contributed by atoms with E-state index in [1.165, 1.54) is 152 Å². The van der Waals surface area contributed by atoms with Gasteiger partial charge in [-0.25, -0.2) is 0 Å². The van der Waals surface area contributed by atoms with Crippen molar-refractivity contribution in [2.75, 3.05) is 19.6 Å². The average Bonchev–Trinajstić information content (AvgIpc) is 3.22. The van der Waals surface area contributed by atoms with Gasteiger partial charge in [-0.3, -0.25) is 0 Å². The van der Waals surface area contributed by atoms with E-state index >= 15 is 0 Å². The molecule has 2 rings (SSSR count). The molecule has 0 unspecified atom stereocenters. The molecule has 1 nitrogen and oxygen atoms in total. The fourth-order valence-corrected chi connectivity index (χ4v) is 5.43. The highest BCUT2D eigenvalue weighted by molar-refractivity contribution is 5.13. The minimum absolute atomic E-state index is 1.26. The first-order valence-electron chi connectivity index (χ1n) is 13.7. The molecular formula is C29H52N+. The first-order valence-corrected chi connectivity index (χ1v) is 13.7. The maximum absolute atomic E-state index is 2.33. The molecule has 30 heavy (non-hydrogen) atoms. The van der Waals surface area contributed by atoms with Crippen LogP contribution in [0.3, 0.4) is 0 Å². The van der Waals surface area contributed by atoms with E-state index in [1.54, 1.807) is 0 Å². The molecule has 0 saturated carbocycles. The van der Waals surface area contributed by atoms with Crippen LogP contribution in [0, 0.1) is 0 Å². The monoisotopic (exact) mass is 414 g/mol. The fourth-order valence-electron chi connectivity index (χ4n) is 5.43. The molecule has 1 aliphatic rings. The van der Waals surface area contributed by atoms with Gasteiger partial charge < -0.3 is 4.48 Å². The van der Waals surface area contributed by atoms with Gasteiger partial charge >= 0.3 is 0 Å². The van der Waals surface area contributed by atoms with Crippen molar-refractivity contribution < 1.29 is 4.48 Å². The van der Waals surface area contributed by atoms with Crippen molar-refractivity contribution in [3.63, 3.8) is 0 Å². The van der Waals surface area contributed by atoms with Crippen molar-refractivity contribution in [3.05, 3.63) is 35.9 Å². The highest BCUT2D eigenvalue weighted by atomic mass is 15.4. The molecule has 1 aliphatic heterocycles. The van der Waals surface area contributed by atoms with Crippen LogP contribution in [-0.2, 0) is 6.54 Å². The Morgan fingerprint density at radius 2 is 1.00 bits per heavy atom. The molecule has 1 aromatic rings. The number of unbranched alkanes of at least 4 members (excludes halogenated alkanes) is 15. The maximum atomic E-state index is 2.33. The van der Waals surface area contributed by atoms with Crippen LogP contribution in [-0.4, -0.2) is 24.1 Å². The third-order valence-corrected chi connectivity index (χ3v) is 7.36. The molecule has 0 radical (unpaired) electrons. The zero-order valence-corrected chi connectivity index (χ0v) is 20.4. The van der Waals surface area contributed by atoms with E-state index < -0.39 is 0 Å². The largest absolute Gasteiger partial charge is 0.320 e. The van der Waals surface area contributed by atoms with Crippen LogP contribution in [0.25, 0.3) is 0 Å². The normalized spacial score (nSPS) is 15.6. The zero-order valence-electron chi connectivity index (χ0n) is 20.4. The summed E-state index contributed by atoms with van der Waals surface area (Å²) >= 11 is 0. The molecule has 172 valence electrons. The van der Waals surface area contributed by atoms with Gasteiger partial charge in [-0.15, -0.1) is 0 Å². The summed E-state index contributed by atoms with van der Waals surface area (Å²) in [5.41, 5.74) is 1.54. The number of hydrogen-bond acceptors (Lipinski definition) is 0. The molecule has 0 atom stereocenters. The van der Waals surface area contributed by atoms with Crippen LogP contribution in [0.5, 0.6) is 0 Å². The van der Waals surface area contributed by atoms with Crippen molar-refractivity contribution in [2.24, 2.45) is 0 Å². The lowest BCUT2D eigenvalue weighted by atomic mass is 10.0. The van der Waals surface area contributed by atoms with Crippen LogP contribution < -0.4 is 0 Å². The Kier molecular flexibility index (Phi) is 14.3. The van der Waals surface area contributed by atoms with Gasteiger partial charge in [0, 0.05) is 18.4 Å². The maximum Gasteiger partial charge on any atom is 0.104 e. The third kappa shape index (κ3) is 11.5. The lowest BCUT2D eigenvalue weighted by Crippen LogP contribution is -2.45. The SMILES string of the molecule is CCCCCCCCCCCCCCCCCC[N+]1(Cc2ccccc2)CCCC1. The molecule has 0 bridgehead atoms. The molecule has 0 aromatic heterocycles. The van der Waals surface area contributed by atoms with E-state index in [-0.39, 0.29) is 0 Å². The lowest BCUT2D eigenvalue weighted by Gasteiger charge is -2.34. The number of likely N-dealkylation sites (tertiary alicyclic amines) is 1. The van der Waals surface area contributed by atoms with E-state index in [4.69, 9.17) is 0 Å². The molecule has 0 spiro atoms. The number of benzene rings is 1. The van der Waals surface area contributed by atoms with Crippen molar-refractivity contribution in [3.8, 4) is 0 Å². The van der Waals surface area contributed by atoms with Gasteiger partial charge in [0.15, 0.2) is 0 Å². The van der Waals surface area contributed by atoms with E-state index in [2.05, 4.69) is 37.3 Å². The molecule has 1 aromatic carbocycles. The summed E-state index contributed by atoms with van der Waals surface area (Å²) < 4.78 is 1.36. The van der Waals surface area contributed by atoms with Gasteiger partial charge in [-0.2, -0.15) is 0 Å². The summed E-state index contributed by atoms with van der Waals surface area (Å²) in [6.45, 7) is 7.80. The van der Waals surface area contributed by atoms with Crippen LogP contribution in [0.2, 0.25) is 0 Å². The minimum atomic E-state index is 1.26. The summed E-state index contributed by atoms with van der Waals surface area (Å²) in [4.78, 5) is 0. The highest BCUT2D eigenvalue weighted by Crippen LogP contribution is 2.25. The summed E-state index contributed by atoms with van der Waals surface area (Å²) in [6.07, 6.45) is 26.3. The van der Waals surface area contributed by atoms with Gasteiger partial charge in [0.1, 0.15) is 6.54 Å². The van der Waals surface area contributed by atoms with E-state index in [1.807, 2.05) is 0 Å². The molecule has 0 amide bonds. The topological polar surface area (TPSA) is 0 Å². The highest BCUT2D eigenvalue weighted by Gasteiger charge is 2.31. The smallest absolute Gasteiger partial charge is 0.104 e. The lowest BCUT2D eigenvalue weighted by molar-refractivity contribution is -0.930. The van der Waals surface area contributed by atoms with Gasteiger partial charge in [-0.05, 0) is 12.8 Å². The van der Waals surface area contributed by atoms with Crippen LogP contribution >= 0.6 is 0 Å². The fraction of sp³-hybridized carbons (Fsp3) is 0.793. The Hall–Kier alpha value is -0.820. The van der Waals surface area contributed by atoms with E-state index in [0.29, 0.717) is 0 Å². The van der Waals surface area contributed by atoms with Crippen molar-refractivity contribution >= 4 is 0 Å². The van der Waals surface area contributed by atoms with Gasteiger partial charge in [0.2, 0.25) is 0 Å². The van der Waals surface area contributed by atoms with E-state index in [9.17, 15) is 0 Å². The molecule has 1 fully saturated rings. The average molecular weight is 415 g/mol. The third-order valence-electron chi connectivity index (χ3n) is 7.36. The molecular weight excluding hydrogens is 362 g/mol. The van der Waals surface area contributed by atoms with Gasteiger partial charge in [0.05, 0.1) is 19.6 Å².